The number of aryl methyl sites for hydroxylation is 1. The van der Waals surface area contributed by atoms with Crippen molar-refractivity contribution >= 4 is 21.2 Å². The van der Waals surface area contributed by atoms with Gasteiger partial charge >= 0.3 is 0 Å². The standard InChI is InChI=1S/C26H25NO2S/c1-3-18-27(30(28,29)23-16-14-20(2)15-17-23)19-24-25(21-10-6-4-7-11-21)26(24)22-12-8-5-9-13-22/h3-17,24H,1,18-19H2,2H3. The molecule has 0 unspecified atom stereocenters. The maximum atomic E-state index is 13.3. The summed E-state index contributed by atoms with van der Waals surface area (Å²) in [6.45, 7) is 6.41. The van der Waals surface area contributed by atoms with Crippen molar-refractivity contribution < 1.29 is 8.42 Å². The average molecular weight is 416 g/mol. The molecule has 0 N–H and O–H groups in total. The summed E-state index contributed by atoms with van der Waals surface area (Å²) in [6.07, 6.45) is 1.65. The van der Waals surface area contributed by atoms with Gasteiger partial charge < -0.3 is 0 Å². The van der Waals surface area contributed by atoms with E-state index >= 15 is 0 Å². The second kappa shape index (κ2) is 8.42. The minimum absolute atomic E-state index is 0.0648. The Morgan fingerprint density at radius 2 is 1.33 bits per heavy atom. The van der Waals surface area contributed by atoms with Gasteiger partial charge in [0.15, 0.2) is 0 Å². The van der Waals surface area contributed by atoms with E-state index in [9.17, 15) is 8.42 Å². The van der Waals surface area contributed by atoms with Gasteiger partial charge in [-0.2, -0.15) is 4.31 Å². The molecule has 0 aromatic heterocycles. The Morgan fingerprint density at radius 1 is 0.833 bits per heavy atom. The van der Waals surface area contributed by atoms with E-state index < -0.39 is 10.0 Å². The lowest BCUT2D eigenvalue weighted by molar-refractivity contribution is 0.438. The van der Waals surface area contributed by atoms with E-state index in [0.29, 0.717) is 11.4 Å². The van der Waals surface area contributed by atoms with Crippen molar-refractivity contribution in [3.63, 3.8) is 0 Å². The minimum atomic E-state index is -3.61. The molecule has 0 bridgehead atoms. The number of sulfonamides is 1. The van der Waals surface area contributed by atoms with Gasteiger partial charge in [0.2, 0.25) is 10.0 Å². The molecule has 1 aliphatic carbocycles. The molecule has 0 saturated heterocycles. The van der Waals surface area contributed by atoms with Gasteiger partial charge in [0.1, 0.15) is 0 Å². The van der Waals surface area contributed by atoms with Gasteiger partial charge in [0.05, 0.1) is 4.90 Å². The summed E-state index contributed by atoms with van der Waals surface area (Å²) in [6, 6.07) is 27.4. The monoisotopic (exact) mass is 415 g/mol. The highest BCUT2D eigenvalue weighted by molar-refractivity contribution is 7.89. The van der Waals surface area contributed by atoms with E-state index in [0.717, 1.165) is 16.7 Å². The van der Waals surface area contributed by atoms with Crippen LogP contribution in [-0.4, -0.2) is 25.8 Å². The topological polar surface area (TPSA) is 37.4 Å². The molecule has 0 saturated carbocycles. The van der Waals surface area contributed by atoms with Crippen LogP contribution >= 0.6 is 0 Å². The van der Waals surface area contributed by atoms with Crippen LogP contribution in [0.1, 0.15) is 16.7 Å². The zero-order chi connectivity index (χ0) is 21.1. The third-order valence-corrected chi connectivity index (χ3v) is 7.30. The van der Waals surface area contributed by atoms with Crippen molar-refractivity contribution in [1.82, 2.24) is 4.31 Å². The Hall–Kier alpha value is -2.95. The molecule has 0 atom stereocenters. The van der Waals surface area contributed by atoms with E-state index in [4.69, 9.17) is 0 Å². The van der Waals surface area contributed by atoms with E-state index in [-0.39, 0.29) is 12.5 Å². The number of nitrogens with zero attached hydrogens (tertiary/aromatic N) is 1. The smallest absolute Gasteiger partial charge is 0.207 e. The first-order valence-corrected chi connectivity index (χ1v) is 11.5. The van der Waals surface area contributed by atoms with Gasteiger partial charge in [-0.25, -0.2) is 8.42 Å². The highest BCUT2D eigenvalue weighted by Crippen LogP contribution is 2.53. The minimum Gasteiger partial charge on any atom is -0.207 e. The van der Waals surface area contributed by atoms with E-state index in [1.165, 1.54) is 15.5 Å². The molecule has 0 spiro atoms. The predicted octanol–water partition coefficient (Wildman–Crippen LogP) is 5.41. The lowest BCUT2D eigenvalue weighted by Gasteiger charge is -2.21. The van der Waals surface area contributed by atoms with Crippen molar-refractivity contribution in [3.8, 4) is 0 Å². The molecule has 0 radical (unpaired) electrons. The Morgan fingerprint density at radius 3 is 1.80 bits per heavy atom. The molecule has 0 aliphatic heterocycles. The van der Waals surface area contributed by atoms with Crippen LogP contribution in [-0.2, 0) is 10.0 Å². The normalized spacial score (nSPS) is 14.2. The average Bonchev–Trinajstić information content (AvgIpc) is 3.49. The second-order valence-electron chi connectivity index (χ2n) is 7.54. The summed E-state index contributed by atoms with van der Waals surface area (Å²) in [5.74, 6) is 0.0648. The van der Waals surface area contributed by atoms with Crippen LogP contribution < -0.4 is 0 Å². The van der Waals surface area contributed by atoms with Crippen molar-refractivity contribution in [2.75, 3.05) is 13.1 Å². The van der Waals surface area contributed by atoms with Gasteiger partial charge in [-0.1, -0.05) is 84.4 Å². The van der Waals surface area contributed by atoms with Crippen LogP contribution in [0.5, 0.6) is 0 Å². The van der Waals surface area contributed by atoms with Crippen LogP contribution in [0.2, 0.25) is 0 Å². The summed E-state index contributed by atoms with van der Waals surface area (Å²) in [7, 11) is -3.61. The third kappa shape index (κ3) is 4.02. The van der Waals surface area contributed by atoms with Crippen LogP contribution in [0.25, 0.3) is 11.1 Å². The molecule has 30 heavy (non-hydrogen) atoms. The first-order valence-electron chi connectivity index (χ1n) is 10.0. The molecule has 4 heteroatoms. The fourth-order valence-electron chi connectivity index (χ4n) is 3.88. The number of rotatable bonds is 8. The highest BCUT2D eigenvalue weighted by atomic mass is 32.2. The predicted molar refractivity (Wildman–Crippen MR) is 123 cm³/mol. The van der Waals surface area contributed by atoms with Crippen molar-refractivity contribution in [3.05, 3.63) is 114 Å². The molecule has 3 aromatic rings. The quantitative estimate of drug-likeness (QED) is 0.461. The summed E-state index contributed by atoms with van der Waals surface area (Å²) in [4.78, 5) is 0.318. The molecule has 0 amide bonds. The Kier molecular flexibility index (Phi) is 5.71. The van der Waals surface area contributed by atoms with Crippen LogP contribution in [0.3, 0.4) is 0 Å². The van der Waals surface area contributed by atoms with Gasteiger partial charge in [-0.3, -0.25) is 0 Å². The zero-order valence-electron chi connectivity index (χ0n) is 17.0. The van der Waals surface area contributed by atoms with Crippen molar-refractivity contribution in [1.29, 1.82) is 0 Å². The number of benzene rings is 3. The lowest BCUT2D eigenvalue weighted by Crippen LogP contribution is -2.33. The Bertz CT molecular complexity index is 1120. The van der Waals surface area contributed by atoms with Crippen molar-refractivity contribution in [2.24, 2.45) is 5.92 Å². The van der Waals surface area contributed by atoms with Gasteiger partial charge in [0.25, 0.3) is 0 Å². The summed E-state index contributed by atoms with van der Waals surface area (Å²) >= 11 is 0. The molecule has 0 fully saturated rings. The molecule has 4 rings (SSSR count). The zero-order valence-corrected chi connectivity index (χ0v) is 17.8. The maximum absolute atomic E-state index is 13.3. The van der Waals surface area contributed by atoms with Gasteiger partial charge in [-0.15, -0.1) is 6.58 Å². The summed E-state index contributed by atoms with van der Waals surface area (Å²) in [5, 5.41) is 0. The molecule has 152 valence electrons. The molecule has 0 heterocycles. The molecule has 1 aliphatic rings. The number of hydrogen-bond acceptors (Lipinski definition) is 2. The van der Waals surface area contributed by atoms with Crippen LogP contribution in [0.15, 0.2) is 102 Å². The highest BCUT2D eigenvalue weighted by Gasteiger charge is 2.41. The molecular formula is C26H25NO2S. The molecular weight excluding hydrogens is 390 g/mol. The lowest BCUT2D eigenvalue weighted by atomic mass is 10.1. The number of hydrogen-bond donors (Lipinski definition) is 0. The Balaban J connectivity index is 1.66. The van der Waals surface area contributed by atoms with Gasteiger partial charge in [-0.05, 0) is 41.3 Å². The van der Waals surface area contributed by atoms with E-state index in [1.54, 1.807) is 18.2 Å². The molecule has 3 nitrogen and oxygen atoms in total. The van der Waals surface area contributed by atoms with Crippen LogP contribution in [0, 0.1) is 12.8 Å². The first-order chi connectivity index (χ1) is 14.5. The second-order valence-corrected chi connectivity index (χ2v) is 9.47. The molecule has 3 aromatic carbocycles. The fraction of sp³-hybridized carbons (Fsp3) is 0.154. The SMILES string of the molecule is C=CCN(CC1C(c2ccccc2)=C1c1ccccc1)S(=O)(=O)c1ccc(C)cc1. The third-order valence-electron chi connectivity index (χ3n) is 5.45. The van der Waals surface area contributed by atoms with Gasteiger partial charge in [0, 0.05) is 19.0 Å². The summed E-state index contributed by atoms with van der Waals surface area (Å²) < 4.78 is 28.2. The summed E-state index contributed by atoms with van der Waals surface area (Å²) in [5.41, 5.74) is 5.76. The largest absolute Gasteiger partial charge is 0.243 e. The maximum Gasteiger partial charge on any atom is 0.243 e. The first kappa shape index (κ1) is 20.3. The Labute approximate surface area is 179 Å². The van der Waals surface area contributed by atoms with Crippen molar-refractivity contribution in [2.45, 2.75) is 11.8 Å². The van der Waals surface area contributed by atoms with E-state index in [1.807, 2.05) is 55.5 Å². The van der Waals surface area contributed by atoms with E-state index in [2.05, 4.69) is 30.8 Å². The fourth-order valence-corrected chi connectivity index (χ4v) is 5.30. The van der Waals surface area contributed by atoms with Crippen LogP contribution in [0.4, 0.5) is 0 Å².